The molecule has 118 valence electrons. The topological polar surface area (TPSA) is 73.1 Å². The van der Waals surface area contributed by atoms with E-state index in [1.165, 1.54) is 0 Å². The number of hydrogen-bond acceptors (Lipinski definition) is 6. The first-order valence-corrected chi connectivity index (χ1v) is 7.46. The van der Waals surface area contributed by atoms with Gasteiger partial charge in [0.25, 0.3) is 11.8 Å². The van der Waals surface area contributed by atoms with Gasteiger partial charge in [-0.25, -0.2) is 4.98 Å². The summed E-state index contributed by atoms with van der Waals surface area (Å²) in [5, 5.41) is 7.03. The first-order valence-electron chi connectivity index (χ1n) is 7.46. The minimum absolute atomic E-state index is 0.371. The highest BCUT2D eigenvalue weighted by Crippen LogP contribution is 2.27. The minimum atomic E-state index is 0.371. The summed E-state index contributed by atoms with van der Waals surface area (Å²) in [6.45, 7) is 4.74. The van der Waals surface area contributed by atoms with Crippen molar-refractivity contribution >= 4 is 11.6 Å². The Kier molecular flexibility index (Phi) is 4.52. The molecule has 0 saturated heterocycles. The van der Waals surface area contributed by atoms with Gasteiger partial charge in [-0.05, 0) is 35.3 Å². The van der Waals surface area contributed by atoms with Crippen molar-refractivity contribution in [2.45, 2.75) is 13.8 Å². The second-order valence-electron chi connectivity index (χ2n) is 5.48. The number of pyridine rings is 1. The average molecular weight is 310 g/mol. The van der Waals surface area contributed by atoms with Gasteiger partial charge in [0.05, 0.1) is 6.61 Å². The molecule has 0 aliphatic rings. The molecule has 23 heavy (non-hydrogen) atoms. The zero-order chi connectivity index (χ0) is 16.1. The van der Waals surface area contributed by atoms with Crippen molar-refractivity contribution in [2.75, 3.05) is 11.9 Å². The molecular formula is C17H18N4O2. The standard InChI is InChI=1S/C17H18N4O2/c1-12(2)11-22-15-14(9-6-10-18-15)16-20-17(21-23-16)19-13-7-4-3-5-8-13/h3-10,12H,11H2,1-2H3,(H,19,21). The molecule has 0 amide bonds. The van der Waals surface area contributed by atoms with E-state index in [1.54, 1.807) is 6.20 Å². The Hall–Kier alpha value is -2.89. The van der Waals surface area contributed by atoms with Gasteiger partial charge in [0.2, 0.25) is 5.88 Å². The van der Waals surface area contributed by atoms with E-state index in [0.29, 0.717) is 35.8 Å². The Morgan fingerprint density at radius 1 is 1.13 bits per heavy atom. The SMILES string of the molecule is CC(C)COc1ncccc1-c1nc(Nc2ccccc2)no1. The zero-order valence-corrected chi connectivity index (χ0v) is 13.1. The van der Waals surface area contributed by atoms with Crippen LogP contribution < -0.4 is 10.1 Å². The van der Waals surface area contributed by atoms with Crippen LogP contribution in [0.4, 0.5) is 11.6 Å². The number of para-hydroxylation sites is 1. The normalized spacial score (nSPS) is 10.7. The maximum absolute atomic E-state index is 5.72. The lowest BCUT2D eigenvalue weighted by atomic mass is 10.2. The van der Waals surface area contributed by atoms with Crippen LogP contribution in [-0.4, -0.2) is 21.7 Å². The Morgan fingerprint density at radius 2 is 1.96 bits per heavy atom. The first-order chi connectivity index (χ1) is 11.2. The molecule has 1 aromatic carbocycles. The van der Waals surface area contributed by atoms with Crippen LogP contribution in [0.25, 0.3) is 11.5 Å². The lowest BCUT2D eigenvalue weighted by molar-refractivity contribution is 0.261. The van der Waals surface area contributed by atoms with E-state index >= 15 is 0 Å². The summed E-state index contributed by atoms with van der Waals surface area (Å²) in [6, 6.07) is 13.3. The number of anilines is 2. The van der Waals surface area contributed by atoms with Crippen molar-refractivity contribution in [3.63, 3.8) is 0 Å². The van der Waals surface area contributed by atoms with Crippen molar-refractivity contribution in [1.29, 1.82) is 0 Å². The molecule has 0 fully saturated rings. The molecular weight excluding hydrogens is 292 g/mol. The molecule has 6 nitrogen and oxygen atoms in total. The highest BCUT2D eigenvalue weighted by Gasteiger charge is 2.15. The second kappa shape index (κ2) is 6.91. The highest BCUT2D eigenvalue weighted by atomic mass is 16.5. The number of ether oxygens (including phenoxy) is 1. The molecule has 6 heteroatoms. The molecule has 2 aromatic heterocycles. The minimum Gasteiger partial charge on any atom is -0.477 e. The molecule has 0 aliphatic heterocycles. The maximum atomic E-state index is 5.72. The summed E-state index contributed by atoms with van der Waals surface area (Å²) in [4.78, 5) is 8.60. The number of aromatic nitrogens is 3. The van der Waals surface area contributed by atoms with Gasteiger partial charge < -0.3 is 14.6 Å². The summed E-state index contributed by atoms with van der Waals surface area (Å²) < 4.78 is 11.0. The highest BCUT2D eigenvalue weighted by molar-refractivity contribution is 5.62. The van der Waals surface area contributed by atoms with Crippen LogP contribution in [-0.2, 0) is 0 Å². The van der Waals surface area contributed by atoms with Crippen LogP contribution in [0.3, 0.4) is 0 Å². The summed E-state index contributed by atoms with van der Waals surface area (Å²) in [6.07, 6.45) is 1.68. The summed E-state index contributed by atoms with van der Waals surface area (Å²) >= 11 is 0. The number of nitrogens with zero attached hydrogens (tertiary/aromatic N) is 3. The molecule has 3 aromatic rings. The number of rotatable bonds is 6. The van der Waals surface area contributed by atoms with Gasteiger partial charge in [-0.2, -0.15) is 4.98 Å². The van der Waals surface area contributed by atoms with Gasteiger partial charge in [0.1, 0.15) is 5.56 Å². The largest absolute Gasteiger partial charge is 0.477 e. The van der Waals surface area contributed by atoms with Crippen LogP contribution in [0, 0.1) is 5.92 Å². The predicted octanol–water partition coefficient (Wildman–Crippen LogP) is 3.91. The maximum Gasteiger partial charge on any atom is 0.268 e. The Bertz CT molecular complexity index is 756. The molecule has 1 N–H and O–H groups in total. The lowest BCUT2D eigenvalue weighted by Gasteiger charge is -2.09. The molecule has 0 radical (unpaired) electrons. The fourth-order valence-corrected chi connectivity index (χ4v) is 1.95. The summed E-state index contributed by atoms with van der Waals surface area (Å²) in [7, 11) is 0. The third kappa shape index (κ3) is 3.85. The van der Waals surface area contributed by atoms with Crippen LogP contribution in [0.15, 0.2) is 53.2 Å². The lowest BCUT2D eigenvalue weighted by Crippen LogP contribution is -2.06. The van der Waals surface area contributed by atoms with Crippen molar-refractivity contribution in [1.82, 2.24) is 15.1 Å². The van der Waals surface area contributed by atoms with E-state index in [9.17, 15) is 0 Å². The summed E-state index contributed by atoms with van der Waals surface area (Å²) in [5.74, 6) is 1.67. The molecule has 0 unspecified atom stereocenters. The zero-order valence-electron chi connectivity index (χ0n) is 13.1. The van der Waals surface area contributed by atoms with Gasteiger partial charge in [-0.1, -0.05) is 32.0 Å². The van der Waals surface area contributed by atoms with E-state index < -0.39 is 0 Å². The molecule has 0 saturated carbocycles. The van der Waals surface area contributed by atoms with Crippen molar-refractivity contribution in [3.05, 3.63) is 48.7 Å². The molecule has 0 aliphatic carbocycles. The summed E-state index contributed by atoms with van der Waals surface area (Å²) in [5.41, 5.74) is 1.57. The van der Waals surface area contributed by atoms with E-state index in [-0.39, 0.29) is 0 Å². The second-order valence-corrected chi connectivity index (χ2v) is 5.48. The third-order valence-corrected chi connectivity index (χ3v) is 3.01. The molecule has 2 heterocycles. The molecule has 0 bridgehead atoms. The quantitative estimate of drug-likeness (QED) is 0.744. The first kappa shape index (κ1) is 15.0. The van der Waals surface area contributed by atoms with Gasteiger partial charge >= 0.3 is 0 Å². The van der Waals surface area contributed by atoms with Crippen LogP contribution >= 0.6 is 0 Å². The van der Waals surface area contributed by atoms with E-state index in [2.05, 4.69) is 34.3 Å². The van der Waals surface area contributed by atoms with Crippen LogP contribution in [0.1, 0.15) is 13.8 Å². The number of benzene rings is 1. The van der Waals surface area contributed by atoms with E-state index in [1.807, 2.05) is 42.5 Å². The van der Waals surface area contributed by atoms with Crippen molar-refractivity contribution in [2.24, 2.45) is 5.92 Å². The van der Waals surface area contributed by atoms with E-state index in [4.69, 9.17) is 9.26 Å². The van der Waals surface area contributed by atoms with Gasteiger partial charge in [-0.15, -0.1) is 0 Å². The fourth-order valence-electron chi connectivity index (χ4n) is 1.95. The third-order valence-electron chi connectivity index (χ3n) is 3.01. The van der Waals surface area contributed by atoms with Gasteiger partial charge in [-0.3, -0.25) is 0 Å². The van der Waals surface area contributed by atoms with Crippen molar-refractivity contribution in [3.8, 4) is 17.3 Å². The van der Waals surface area contributed by atoms with Gasteiger partial charge in [0, 0.05) is 11.9 Å². The molecule has 3 rings (SSSR count). The smallest absolute Gasteiger partial charge is 0.268 e. The number of hydrogen-bond donors (Lipinski definition) is 1. The Morgan fingerprint density at radius 3 is 2.74 bits per heavy atom. The van der Waals surface area contributed by atoms with Crippen LogP contribution in [0.5, 0.6) is 5.88 Å². The Balaban J connectivity index is 1.80. The number of nitrogens with one attached hydrogen (secondary N) is 1. The van der Waals surface area contributed by atoms with Gasteiger partial charge in [0.15, 0.2) is 0 Å². The van der Waals surface area contributed by atoms with E-state index in [0.717, 1.165) is 5.69 Å². The monoisotopic (exact) mass is 310 g/mol. The van der Waals surface area contributed by atoms with Crippen molar-refractivity contribution < 1.29 is 9.26 Å². The Labute approximate surface area is 134 Å². The molecule has 0 spiro atoms. The predicted molar refractivity (Wildman–Crippen MR) is 87.6 cm³/mol. The molecule has 0 atom stereocenters. The fraction of sp³-hybridized carbons (Fsp3) is 0.235. The average Bonchev–Trinajstić information content (AvgIpc) is 3.02. The van der Waals surface area contributed by atoms with Crippen LogP contribution in [0.2, 0.25) is 0 Å².